The Bertz CT molecular complexity index is 703. The number of aromatic nitrogens is 2. The Labute approximate surface area is 119 Å². The van der Waals surface area contributed by atoms with Crippen LogP contribution in [-0.4, -0.2) is 27.8 Å². The summed E-state index contributed by atoms with van der Waals surface area (Å²) in [6.07, 6.45) is 1.10. The fourth-order valence-corrected chi connectivity index (χ4v) is 1.63. The molecule has 0 fully saturated rings. The number of primary amides is 1. The van der Waals surface area contributed by atoms with Crippen molar-refractivity contribution < 1.29 is 9.72 Å². The normalized spacial score (nSPS) is 9.95. The number of nitro groups is 1. The average molecular weight is 288 g/mol. The molecule has 1 aromatic carbocycles. The molecular weight excluding hydrogens is 276 g/mol. The van der Waals surface area contributed by atoms with E-state index >= 15 is 0 Å². The van der Waals surface area contributed by atoms with Crippen LogP contribution in [0.4, 0.5) is 23.1 Å². The van der Waals surface area contributed by atoms with E-state index in [0.717, 1.165) is 6.20 Å². The molecular formula is C12H12N6O3. The molecule has 2 aromatic rings. The largest absolute Gasteiger partial charge is 0.367 e. The van der Waals surface area contributed by atoms with Gasteiger partial charge in [0.2, 0.25) is 17.7 Å². The number of amides is 1. The van der Waals surface area contributed by atoms with Crippen LogP contribution in [0.1, 0.15) is 10.4 Å². The highest BCUT2D eigenvalue weighted by Gasteiger charge is 2.16. The van der Waals surface area contributed by atoms with Crippen molar-refractivity contribution in [3.8, 4) is 0 Å². The van der Waals surface area contributed by atoms with Gasteiger partial charge in [-0.1, -0.05) is 6.07 Å². The third kappa shape index (κ3) is 3.21. The van der Waals surface area contributed by atoms with Crippen LogP contribution < -0.4 is 16.4 Å². The SMILES string of the molecule is CNc1nc(Nc2cccc(C(N)=O)c2)ncc1[N+](=O)[O-]. The monoisotopic (exact) mass is 288 g/mol. The van der Waals surface area contributed by atoms with Crippen molar-refractivity contribution in [3.63, 3.8) is 0 Å². The lowest BCUT2D eigenvalue weighted by atomic mass is 10.2. The lowest BCUT2D eigenvalue weighted by molar-refractivity contribution is -0.384. The lowest BCUT2D eigenvalue weighted by Crippen LogP contribution is -2.11. The second kappa shape index (κ2) is 5.82. The van der Waals surface area contributed by atoms with Gasteiger partial charge >= 0.3 is 5.69 Å². The molecule has 0 saturated carbocycles. The summed E-state index contributed by atoms with van der Waals surface area (Å²) in [4.78, 5) is 29.2. The summed E-state index contributed by atoms with van der Waals surface area (Å²) in [7, 11) is 1.52. The second-order valence-corrected chi connectivity index (χ2v) is 4.00. The summed E-state index contributed by atoms with van der Waals surface area (Å²) in [5.74, 6) is -0.311. The molecule has 21 heavy (non-hydrogen) atoms. The first-order valence-electron chi connectivity index (χ1n) is 5.87. The standard InChI is InChI=1S/C12H12N6O3/c1-14-11-9(18(20)21)6-15-12(17-11)16-8-4-2-3-7(5-8)10(13)19/h2-6H,1H3,(H2,13,19)(H2,14,15,16,17). The van der Waals surface area contributed by atoms with Crippen molar-refractivity contribution in [2.45, 2.75) is 0 Å². The minimum Gasteiger partial charge on any atom is -0.367 e. The minimum atomic E-state index is -0.580. The van der Waals surface area contributed by atoms with Crippen molar-refractivity contribution in [2.24, 2.45) is 5.73 Å². The molecule has 0 spiro atoms. The van der Waals surface area contributed by atoms with Crippen molar-refractivity contribution in [2.75, 3.05) is 17.7 Å². The molecule has 9 heteroatoms. The van der Waals surface area contributed by atoms with Gasteiger partial charge in [-0.15, -0.1) is 0 Å². The zero-order valence-corrected chi connectivity index (χ0v) is 11.0. The molecule has 0 bridgehead atoms. The first-order chi connectivity index (χ1) is 10.0. The molecule has 108 valence electrons. The van der Waals surface area contributed by atoms with Crippen molar-refractivity contribution in [3.05, 3.63) is 46.1 Å². The quantitative estimate of drug-likeness (QED) is 0.556. The van der Waals surface area contributed by atoms with E-state index < -0.39 is 10.8 Å². The van der Waals surface area contributed by atoms with Gasteiger partial charge in [-0.25, -0.2) is 4.98 Å². The number of nitrogens with two attached hydrogens (primary N) is 1. The molecule has 0 aliphatic rings. The van der Waals surface area contributed by atoms with Gasteiger partial charge < -0.3 is 16.4 Å². The van der Waals surface area contributed by atoms with E-state index in [1.165, 1.54) is 13.1 Å². The first kappa shape index (κ1) is 14.2. The van der Waals surface area contributed by atoms with Crippen molar-refractivity contribution in [1.82, 2.24) is 9.97 Å². The molecule has 0 unspecified atom stereocenters. The molecule has 0 aliphatic carbocycles. The number of anilines is 3. The summed E-state index contributed by atoms with van der Waals surface area (Å²) in [5, 5.41) is 16.3. The Balaban J connectivity index is 2.29. The Morgan fingerprint density at radius 2 is 2.19 bits per heavy atom. The van der Waals surface area contributed by atoms with E-state index in [2.05, 4.69) is 20.6 Å². The fraction of sp³-hybridized carbons (Fsp3) is 0.0833. The van der Waals surface area contributed by atoms with E-state index in [-0.39, 0.29) is 17.5 Å². The van der Waals surface area contributed by atoms with Crippen LogP contribution in [0.3, 0.4) is 0 Å². The summed E-state index contributed by atoms with van der Waals surface area (Å²) < 4.78 is 0. The van der Waals surface area contributed by atoms with Crippen LogP contribution in [0.5, 0.6) is 0 Å². The third-order valence-corrected chi connectivity index (χ3v) is 2.61. The smallest absolute Gasteiger partial charge is 0.329 e. The summed E-state index contributed by atoms with van der Waals surface area (Å²) in [6, 6.07) is 6.44. The highest BCUT2D eigenvalue weighted by molar-refractivity contribution is 5.93. The van der Waals surface area contributed by atoms with Gasteiger partial charge in [0.05, 0.1) is 4.92 Å². The predicted molar refractivity (Wildman–Crippen MR) is 76.5 cm³/mol. The second-order valence-electron chi connectivity index (χ2n) is 4.00. The number of benzene rings is 1. The van der Waals surface area contributed by atoms with Crippen LogP contribution in [-0.2, 0) is 0 Å². The highest BCUT2D eigenvalue weighted by Crippen LogP contribution is 2.23. The lowest BCUT2D eigenvalue weighted by Gasteiger charge is -2.07. The van der Waals surface area contributed by atoms with Gasteiger partial charge in [-0.3, -0.25) is 14.9 Å². The summed E-state index contributed by atoms with van der Waals surface area (Å²) >= 11 is 0. The summed E-state index contributed by atoms with van der Waals surface area (Å²) in [6.45, 7) is 0. The van der Waals surface area contributed by atoms with E-state index in [1.807, 2.05) is 0 Å². The van der Waals surface area contributed by atoms with Gasteiger partial charge in [0, 0.05) is 18.3 Å². The minimum absolute atomic E-state index is 0.0866. The Hall–Kier alpha value is -3.23. The molecule has 4 N–H and O–H groups in total. The molecule has 9 nitrogen and oxygen atoms in total. The summed E-state index contributed by atoms with van der Waals surface area (Å²) in [5.41, 5.74) is 5.84. The Morgan fingerprint density at radius 3 is 2.81 bits per heavy atom. The van der Waals surface area contributed by atoms with Crippen molar-refractivity contribution in [1.29, 1.82) is 0 Å². The van der Waals surface area contributed by atoms with Crippen LogP contribution in [0, 0.1) is 10.1 Å². The molecule has 1 heterocycles. The van der Waals surface area contributed by atoms with Crippen LogP contribution in [0.25, 0.3) is 0 Å². The zero-order valence-electron chi connectivity index (χ0n) is 11.0. The highest BCUT2D eigenvalue weighted by atomic mass is 16.6. The number of rotatable bonds is 5. The Morgan fingerprint density at radius 1 is 1.43 bits per heavy atom. The third-order valence-electron chi connectivity index (χ3n) is 2.61. The number of carbonyl (C=O) groups is 1. The number of hydrogen-bond donors (Lipinski definition) is 3. The predicted octanol–water partition coefficient (Wildman–Crippen LogP) is 1.27. The molecule has 0 atom stereocenters. The maximum atomic E-state index is 11.1. The molecule has 0 aliphatic heterocycles. The maximum Gasteiger partial charge on any atom is 0.329 e. The van der Waals surface area contributed by atoms with E-state index in [9.17, 15) is 14.9 Å². The first-order valence-corrected chi connectivity index (χ1v) is 5.87. The van der Waals surface area contributed by atoms with Crippen LogP contribution in [0.2, 0.25) is 0 Å². The Kier molecular flexibility index (Phi) is 3.93. The van der Waals surface area contributed by atoms with Gasteiger partial charge in [0.15, 0.2) is 0 Å². The van der Waals surface area contributed by atoms with E-state index in [1.54, 1.807) is 18.2 Å². The van der Waals surface area contributed by atoms with Crippen molar-refractivity contribution >= 4 is 29.0 Å². The van der Waals surface area contributed by atoms with E-state index in [4.69, 9.17) is 5.73 Å². The fourth-order valence-electron chi connectivity index (χ4n) is 1.63. The topological polar surface area (TPSA) is 136 Å². The molecule has 1 aromatic heterocycles. The maximum absolute atomic E-state index is 11.1. The van der Waals surface area contributed by atoms with Gasteiger partial charge in [-0.05, 0) is 18.2 Å². The number of nitrogens with zero attached hydrogens (tertiary/aromatic N) is 3. The van der Waals surface area contributed by atoms with Gasteiger partial charge in [0.1, 0.15) is 6.20 Å². The number of carbonyl (C=O) groups excluding carboxylic acids is 1. The molecule has 0 saturated heterocycles. The van der Waals surface area contributed by atoms with Gasteiger partial charge in [-0.2, -0.15) is 4.98 Å². The van der Waals surface area contributed by atoms with Crippen LogP contribution >= 0.6 is 0 Å². The van der Waals surface area contributed by atoms with E-state index in [0.29, 0.717) is 11.3 Å². The average Bonchev–Trinajstić information content (AvgIpc) is 2.47. The van der Waals surface area contributed by atoms with Gasteiger partial charge in [0.25, 0.3) is 0 Å². The molecule has 2 rings (SSSR count). The number of nitrogens with one attached hydrogen (secondary N) is 2. The van der Waals surface area contributed by atoms with Crippen LogP contribution in [0.15, 0.2) is 30.5 Å². The zero-order chi connectivity index (χ0) is 15.4. The number of hydrogen-bond acceptors (Lipinski definition) is 7. The molecule has 1 amide bonds. The molecule has 0 radical (unpaired) electrons.